The summed E-state index contributed by atoms with van der Waals surface area (Å²) in [6, 6.07) is 11.9. The number of hydrogen-bond donors (Lipinski definition) is 2. The van der Waals surface area contributed by atoms with E-state index in [0.717, 1.165) is 29.1 Å². The first-order valence-electron chi connectivity index (χ1n) is 10.9. The van der Waals surface area contributed by atoms with Gasteiger partial charge in [0, 0.05) is 24.3 Å². The molecule has 1 unspecified atom stereocenters. The summed E-state index contributed by atoms with van der Waals surface area (Å²) >= 11 is 0. The topological polar surface area (TPSA) is 93.2 Å². The van der Waals surface area contributed by atoms with Crippen LogP contribution in [0, 0.1) is 5.92 Å². The molecule has 0 aliphatic carbocycles. The number of benzene rings is 2. The molecule has 0 bridgehead atoms. The molecule has 182 valence electrons. The molecule has 2 amide bonds. The minimum absolute atomic E-state index is 0.0268. The maximum atomic E-state index is 13.1. The van der Waals surface area contributed by atoms with Crippen LogP contribution < -0.4 is 16.0 Å². The summed E-state index contributed by atoms with van der Waals surface area (Å²) in [6.07, 6.45) is -0.950. The van der Waals surface area contributed by atoms with Crippen molar-refractivity contribution in [3.63, 3.8) is 0 Å². The van der Waals surface area contributed by atoms with Crippen molar-refractivity contribution in [2.75, 3.05) is 18.0 Å². The van der Waals surface area contributed by atoms with Crippen LogP contribution in [-0.2, 0) is 23.9 Å². The monoisotopic (exact) mass is 483 g/mol. The highest BCUT2D eigenvalue weighted by atomic mass is 19.4. The minimum Gasteiger partial charge on any atom is -0.366 e. The number of nitrogens with two attached hydrogens (primary N) is 1. The summed E-state index contributed by atoms with van der Waals surface area (Å²) in [7, 11) is 0. The largest absolute Gasteiger partial charge is 0.416 e. The highest BCUT2D eigenvalue weighted by Crippen LogP contribution is 2.37. The van der Waals surface area contributed by atoms with Crippen molar-refractivity contribution in [3.05, 3.63) is 89.8 Å². The Bertz CT molecular complexity index is 1250. The molecule has 2 heterocycles. The van der Waals surface area contributed by atoms with E-state index in [1.54, 1.807) is 29.1 Å². The first-order valence-corrected chi connectivity index (χ1v) is 10.9. The number of alkyl halides is 3. The summed E-state index contributed by atoms with van der Waals surface area (Å²) in [5.74, 6) is -0.851. The second-order valence-electron chi connectivity index (χ2n) is 8.37. The SMILES string of the molecule is C=CC(=O)NCC1Cc2c(cnn2Cc2cccc(C(N)=O)c2)N(c2ccc(C(F)(F)F)cc2)C1. The smallest absolute Gasteiger partial charge is 0.366 e. The van der Waals surface area contributed by atoms with Gasteiger partial charge in [-0.3, -0.25) is 14.3 Å². The molecular weight excluding hydrogens is 459 g/mol. The van der Waals surface area contributed by atoms with Crippen LogP contribution in [0.5, 0.6) is 0 Å². The Morgan fingerprint density at radius 1 is 1.20 bits per heavy atom. The second-order valence-corrected chi connectivity index (χ2v) is 8.37. The number of hydrogen-bond acceptors (Lipinski definition) is 4. The normalized spacial score (nSPS) is 15.4. The molecule has 2 aromatic carbocycles. The molecule has 0 saturated heterocycles. The van der Waals surface area contributed by atoms with Crippen molar-refractivity contribution >= 4 is 23.2 Å². The molecule has 1 aliphatic heterocycles. The molecule has 3 aromatic rings. The molecule has 0 saturated carbocycles. The zero-order valence-electron chi connectivity index (χ0n) is 18.8. The van der Waals surface area contributed by atoms with Crippen molar-refractivity contribution in [1.82, 2.24) is 15.1 Å². The molecule has 0 spiro atoms. The van der Waals surface area contributed by atoms with Crippen LogP contribution >= 0.6 is 0 Å². The van der Waals surface area contributed by atoms with Gasteiger partial charge < -0.3 is 16.0 Å². The first-order chi connectivity index (χ1) is 16.7. The summed E-state index contributed by atoms with van der Waals surface area (Å²) < 4.78 is 41.0. The maximum Gasteiger partial charge on any atom is 0.416 e. The Morgan fingerprint density at radius 3 is 2.60 bits per heavy atom. The predicted molar refractivity (Wildman–Crippen MR) is 125 cm³/mol. The molecule has 0 radical (unpaired) electrons. The standard InChI is InChI=1S/C25H24F3N5O2/c1-2-23(34)30-12-17-11-21-22(32(14-17)20-8-6-19(7-9-20)25(26,27)28)13-31-33(21)15-16-4-3-5-18(10-16)24(29)35/h2-10,13,17H,1,11-12,14-15H2,(H2,29,35)(H,30,34). The number of anilines is 2. The lowest BCUT2D eigenvalue weighted by Gasteiger charge is -2.34. The number of carbonyl (C=O) groups excluding carboxylic acids is 2. The lowest BCUT2D eigenvalue weighted by atomic mass is 9.96. The number of aromatic nitrogens is 2. The Balaban J connectivity index is 1.66. The number of nitrogens with zero attached hydrogens (tertiary/aromatic N) is 3. The van der Waals surface area contributed by atoms with E-state index in [-0.39, 0.29) is 11.8 Å². The summed E-state index contributed by atoms with van der Waals surface area (Å²) in [6.45, 7) is 4.69. The van der Waals surface area contributed by atoms with E-state index in [1.165, 1.54) is 18.2 Å². The number of amides is 2. The van der Waals surface area contributed by atoms with E-state index in [2.05, 4.69) is 17.0 Å². The highest BCUT2D eigenvalue weighted by Gasteiger charge is 2.32. The Morgan fingerprint density at radius 2 is 1.94 bits per heavy atom. The van der Waals surface area contributed by atoms with Crippen LogP contribution in [0.3, 0.4) is 0 Å². The molecule has 1 aromatic heterocycles. The van der Waals surface area contributed by atoms with Gasteiger partial charge in [-0.25, -0.2) is 0 Å². The van der Waals surface area contributed by atoms with E-state index in [0.29, 0.717) is 37.3 Å². The van der Waals surface area contributed by atoms with Crippen LogP contribution in [0.1, 0.15) is 27.2 Å². The Hall–Kier alpha value is -4.08. The number of halogens is 3. The zero-order chi connectivity index (χ0) is 25.2. The fraction of sp³-hybridized carbons (Fsp3) is 0.240. The molecule has 10 heteroatoms. The quantitative estimate of drug-likeness (QED) is 0.502. The van der Waals surface area contributed by atoms with Crippen molar-refractivity contribution in [2.24, 2.45) is 11.7 Å². The maximum absolute atomic E-state index is 13.1. The van der Waals surface area contributed by atoms with Crippen LogP contribution in [0.15, 0.2) is 67.4 Å². The van der Waals surface area contributed by atoms with Gasteiger partial charge in [0.2, 0.25) is 11.8 Å². The van der Waals surface area contributed by atoms with Crippen LogP contribution in [0.25, 0.3) is 0 Å². The molecular formula is C25H24F3N5O2. The van der Waals surface area contributed by atoms with E-state index < -0.39 is 17.6 Å². The third-order valence-corrected chi connectivity index (χ3v) is 5.94. The van der Waals surface area contributed by atoms with Gasteiger partial charge in [0.05, 0.1) is 29.7 Å². The molecule has 3 N–H and O–H groups in total. The van der Waals surface area contributed by atoms with Crippen LogP contribution in [-0.4, -0.2) is 34.7 Å². The van der Waals surface area contributed by atoms with Crippen molar-refractivity contribution in [1.29, 1.82) is 0 Å². The molecule has 0 fully saturated rings. The Labute approximate surface area is 200 Å². The van der Waals surface area contributed by atoms with E-state index in [9.17, 15) is 22.8 Å². The summed E-state index contributed by atoms with van der Waals surface area (Å²) in [5.41, 5.74) is 8.13. The van der Waals surface area contributed by atoms with E-state index >= 15 is 0 Å². The average molecular weight is 483 g/mol. The molecule has 35 heavy (non-hydrogen) atoms. The Kier molecular flexibility index (Phi) is 6.63. The third-order valence-electron chi connectivity index (χ3n) is 5.94. The van der Waals surface area contributed by atoms with Crippen molar-refractivity contribution in [3.8, 4) is 0 Å². The minimum atomic E-state index is -4.42. The summed E-state index contributed by atoms with van der Waals surface area (Å²) in [4.78, 5) is 25.2. The van der Waals surface area contributed by atoms with Gasteiger partial charge >= 0.3 is 6.18 Å². The van der Waals surface area contributed by atoms with Gasteiger partial charge in [-0.15, -0.1) is 0 Å². The molecule has 7 nitrogen and oxygen atoms in total. The number of nitrogens with one attached hydrogen (secondary N) is 1. The molecule has 4 rings (SSSR count). The average Bonchev–Trinajstić information content (AvgIpc) is 3.24. The van der Waals surface area contributed by atoms with Crippen LogP contribution in [0.2, 0.25) is 0 Å². The first kappa shape index (κ1) is 24.1. The van der Waals surface area contributed by atoms with E-state index in [1.807, 2.05) is 11.0 Å². The van der Waals surface area contributed by atoms with Gasteiger partial charge in [0.1, 0.15) is 0 Å². The fourth-order valence-electron chi connectivity index (χ4n) is 4.19. The van der Waals surface area contributed by atoms with Gasteiger partial charge in [0.25, 0.3) is 0 Å². The van der Waals surface area contributed by atoms with Crippen molar-refractivity contribution in [2.45, 2.75) is 19.1 Å². The number of carbonyl (C=O) groups is 2. The third kappa shape index (κ3) is 5.37. The highest BCUT2D eigenvalue weighted by molar-refractivity contribution is 5.92. The van der Waals surface area contributed by atoms with E-state index in [4.69, 9.17) is 5.73 Å². The lowest BCUT2D eigenvalue weighted by molar-refractivity contribution is -0.137. The predicted octanol–water partition coefficient (Wildman–Crippen LogP) is 3.66. The number of rotatable bonds is 7. The number of fused-ring (bicyclic) bond motifs is 1. The van der Waals surface area contributed by atoms with Gasteiger partial charge in [0.15, 0.2) is 0 Å². The number of primary amides is 1. The van der Waals surface area contributed by atoms with Crippen molar-refractivity contribution < 1.29 is 22.8 Å². The molecule has 1 atom stereocenters. The van der Waals surface area contributed by atoms with Crippen LogP contribution in [0.4, 0.5) is 24.5 Å². The second kappa shape index (κ2) is 9.65. The molecule has 1 aliphatic rings. The van der Waals surface area contributed by atoms with Gasteiger partial charge in [-0.05, 0) is 60.4 Å². The summed E-state index contributed by atoms with van der Waals surface area (Å²) in [5, 5.41) is 7.32. The zero-order valence-corrected chi connectivity index (χ0v) is 18.8. The van der Waals surface area contributed by atoms with Gasteiger partial charge in [-0.1, -0.05) is 18.7 Å². The fourth-order valence-corrected chi connectivity index (χ4v) is 4.19. The van der Waals surface area contributed by atoms with Gasteiger partial charge in [-0.2, -0.15) is 18.3 Å². The lowest BCUT2D eigenvalue weighted by Crippen LogP contribution is -2.39.